The van der Waals surface area contributed by atoms with Gasteiger partial charge in [-0.2, -0.15) is 0 Å². The van der Waals surface area contributed by atoms with Gasteiger partial charge in [-0.15, -0.1) is 11.3 Å². The molecule has 0 aliphatic heterocycles. The van der Waals surface area contributed by atoms with Gasteiger partial charge in [0.2, 0.25) is 0 Å². The molecule has 0 aliphatic carbocycles. The second-order valence-electron chi connectivity index (χ2n) is 5.59. The molecule has 2 nitrogen and oxygen atoms in total. The van der Waals surface area contributed by atoms with Gasteiger partial charge in [0, 0.05) is 17.3 Å². The number of fused-ring (bicyclic) bond motifs is 1. The summed E-state index contributed by atoms with van der Waals surface area (Å²) in [5, 5.41) is 0. The van der Waals surface area contributed by atoms with Crippen LogP contribution in [0, 0.1) is 6.92 Å². The molecule has 2 heterocycles. The molecular weight excluding hydrogens is 276 g/mol. The average Bonchev–Trinajstić information content (AvgIpc) is 3.04. The van der Waals surface area contributed by atoms with Crippen LogP contribution in [-0.2, 0) is 6.42 Å². The van der Waals surface area contributed by atoms with E-state index < -0.39 is 0 Å². The van der Waals surface area contributed by atoms with Crippen molar-refractivity contribution in [3.8, 4) is 11.3 Å². The molecule has 110 valence electrons. The van der Waals surface area contributed by atoms with Crippen LogP contribution in [-0.4, -0.2) is 9.38 Å². The maximum Gasteiger partial charge on any atom is 0.194 e. The fourth-order valence-corrected chi connectivity index (χ4v) is 3.77. The number of unbranched alkanes of at least 4 members (excludes halogenated alkanes) is 3. The highest BCUT2D eigenvalue weighted by Crippen LogP contribution is 2.30. The third-order valence-corrected chi connectivity index (χ3v) is 4.96. The monoisotopic (exact) mass is 298 g/mol. The summed E-state index contributed by atoms with van der Waals surface area (Å²) in [5.74, 6) is 0. The van der Waals surface area contributed by atoms with E-state index in [0.717, 1.165) is 4.96 Å². The van der Waals surface area contributed by atoms with Crippen molar-refractivity contribution in [1.82, 2.24) is 9.38 Å². The number of nitrogens with zero attached hydrogens (tertiary/aromatic N) is 2. The largest absolute Gasteiger partial charge is 0.290 e. The molecule has 0 N–H and O–H groups in total. The number of hydrogen-bond acceptors (Lipinski definition) is 2. The average molecular weight is 298 g/mol. The predicted molar refractivity (Wildman–Crippen MR) is 91.1 cm³/mol. The van der Waals surface area contributed by atoms with Crippen LogP contribution in [0.2, 0.25) is 0 Å². The Labute approximate surface area is 130 Å². The highest BCUT2D eigenvalue weighted by molar-refractivity contribution is 7.17. The topological polar surface area (TPSA) is 17.3 Å². The maximum atomic E-state index is 4.38. The van der Waals surface area contributed by atoms with Crippen molar-refractivity contribution >= 4 is 16.3 Å². The summed E-state index contributed by atoms with van der Waals surface area (Å²) in [5.41, 5.74) is 4.02. The SMILES string of the molecule is CCCCCCc1ccc(-c2c(C)sc3nccn23)cc1. The van der Waals surface area contributed by atoms with Gasteiger partial charge in [-0.1, -0.05) is 50.5 Å². The van der Waals surface area contributed by atoms with E-state index in [1.165, 1.54) is 53.8 Å². The van der Waals surface area contributed by atoms with Crippen LogP contribution in [0.1, 0.15) is 43.0 Å². The molecule has 1 aromatic carbocycles. The highest BCUT2D eigenvalue weighted by Gasteiger charge is 2.11. The minimum Gasteiger partial charge on any atom is -0.290 e. The number of imidazole rings is 1. The Balaban J connectivity index is 1.77. The van der Waals surface area contributed by atoms with Crippen molar-refractivity contribution in [1.29, 1.82) is 0 Å². The molecule has 0 radical (unpaired) electrons. The summed E-state index contributed by atoms with van der Waals surface area (Å²) >= 11 is 1.76. The maximum absolute atomic E-state index is 4.38. The van der Waals surface area contributed by atoms with E-state index in [2.05, 4.69) is 47.5 Å². The Morgan fingerprint density at radius 3 is 2.67 bits per heavy atom. The molecular formula is C18H22N2S. The number of aromatic nitrogens is 2. The summed E-state index contributed by atoms with van der Waals surface area (Å²) in [6.07, 6.45) is 10.4. The number of thiazole rings is 1. The second-order valence-corrected chi connectivity index (χ2v) is 6.78. The third-order valence-electron chi connectivity index (χ3n) is 3.97. The van der Waals surface area contributed by atoms with E-state index in [-0.39, 0.29) is 0 Å². The summed E-state index contributed by atoms with van der Waals surface area (Å²) in [6.45, 7) is 4.43. The van der Waals surface area contributed by atoms with Crippen LogP contribution in [0.15, 0.2) is 36.7 Å². The van der Waals surface area contributed by atoms with Crippen molar-refractivity contribution in [2.75, 3.05) is 0 Å². The van der Waals surface area contributed by atoms with E-state index in [1.807, 2.05) is 12.4 Å². The van der Waals surface area contributed by atoms with Crippen LogP contribution in [0.3, 0.4) is 0 Å². The molecule has 0 aliphatic rings. The second kappa shape index (κ2) is 6.44. The number of hydrogen-bond donors (Lipinski definition) is 0. The van der Waals surface area contributed by atoms with Crippen molar-refractivity contribution in [3.05, 3.63) is 47.1 Å². The molecule has 0 bridgehead atoms. The molecule has 3 aromatic rings. The number of aryl methyl sites for hydroxylation is 2. The van der Waals surface area contributed by atoms with Gasteiger partial charge in [-0.25, -0.2) is 4.98 Å². The van der Waals surface area contributed by atoms with E-state index in [0.29, 0.717) is 0 Å². The van der Waals surface area contributed by atoms with Crippen molar-refractivity contribution in [2.24, 2.45) is 0 Å². The lowest BCUT2D eigenvalue weighted by molar-refractivity contribution is 0.667. The molecule has 0 spiro atoms. The Hall–Kier alpha value is -1.61. The summed E-state index contributed by atoms with van der Waals surface area (Å²) in [4.78, 5) is 6.79. The first-order valence-electron chi connectivity index (χ1n) is 7.81. The van der Waals surface area contributed by atoms with E-state index >= 15 is 0 Å². The molecule has 0 saturated carbocycles. The first-order chi connectivity index (χ1) is 10.3. The zero-order valence-corrected chi connectivity index (χ0v) is 13.6. The normalized spacial score (nSPS) is 11.3. The molecule has 2 aromatic heterocycles. The van der Waals surface area contributed by atoms with Crippen LogP contribution in [0.25, 0.3) is 16.2 Å². The van der Waals surface area contributed by atoms with E-state index in [9.17, 15) is 0 Å². The smallest absolute Gasteiger partial charge is 0.194 e. The zero-order chi connectivity index (χ0) is 14.7. The van der Waals surface area contributed by atoms with Crippen LogP contribution in [0.5, 0.6) is 0 Å². The lowest BCUT2D eigenvalue weighted by Gasteiger charge is -2.05. The van der Waals surface area contributed by atoms with Crippen LogP contribution < -0.4 is 0 Å². The van der Waals surface area contributed by atoms with E-state index in [1.54, 1.807) is 11.3 Å². The van der Waals surface area contributed by atoms with Gasteiger partial charge in [0.05, 0.1) is 5.69 Å². The predicted octanol–water partition coefficient (Wildman–Crippen LogP) is 5.49. The molecule has 21 heavy (non-hydrogen) atoms. The van der Waals surface area contributed by atoms with Gasteiger partial charge in [-0.05, 0) is 30.9 Å². The Bertz CT molecular complexity index is 706. The quantitative estimate of drug-likeness (QED) is 0.550. The minimum absolute atomic E-state index is 1.08. The molecule has 0 atom stereocenters. The Kier molecular flexibility index (Phi) is 4.39. The minimum atomic E-state index is 1.08. The summed E-state index contributed by atoms with van der Waals surface area (Å²) < 4.78 is 2.19. The summed E-state index contributed by atoms with van der Waals surface area (Å²) in [7, 11) is 0. The third kappa shape index (κ3) is 3.03. The van der Waals surface area contributed by atoms with Gasteiger partial charge in [0.1, 0.15) is 0 Å². The van der Waals surface area contributed by atoms with Gasteiger partial charge < -0.3 is 0 Å². The van der Waals surface area contributed by atoms with Crippen LogP contribution >= 0.6 is 11.3 Å². The van der Waals surface area contributed by atoms with Crippen molar-refractivity contribution in [3.63, 3.8) is 0 Å². The van der Waals surface area contributed by atoms with Crippen molar-refractivity contribution < 1.29 is 0 Å². The lowest BCUT2D eigenvalue weighted by atomic mass is 10.0. The highest BCUT2D eigenvalue weighted by atomic mass is 32.1. The molecule has 0 fully saturated rings. The van der Waals surface area contributed by atoms with Crippen LogP contribution in [0.4, 0.5) is 0 Å². The van der Waals surface area contributed by atoms with Gasteiger partial charge >= 0.3 is 0 Å². The molecule has 3 heteroatoms. The fraction of sp³-hybridized carbons (Fsp3) is 0.389. The zero-order valence-electron chi connectivity index (χ0n) is 12.8. The van der Waals surface area contributed by atoms with Gasteiger partial charge in [-0.3, -0.25) is 4.40 Å². The summed E-state index contributed by atoms with van der Waals surface area (Å²) in [6, 6.07) is 9.07. The lowest BCUT2D eigenvalue weighted by Crippen LogP contribution is -1.89. The Morgan fingerprint density at radius 1 is 1.10 bits per heavy atom. The first kappa shape index (κ1) is 14.3. The Morgan fingerprint density at radius 2 is 1.90 bits per heavy atom. The van der Waals surface area contributed by atoms with Crippen molar-refractivity contribution in [2.45, 2.75) is 46.0 Å². The molecule has 0 amide bonds. The van der Waals surface area contributed by atoms with Gasteiger partial charge in [0.25, 0.3) is 0 Å². The molecule has 0 unspecified atom stereocenters. The van der Waals surface area contributed by atoms with Gasteiger partial charge in [0.15, 0.2) is 4.96 Å². The number of rotatable bonds is 6. The molecule has 3 rings (SSSR count). The fourth-order valence-electron chi connectivity index (χ4n) is 2.82. The number of benzene rings is 1. The first-order valence-corrected chi connectivity index (χ1v) is 8.63. The molecule has 0 saturated heterocycles. The van der Waals surface area contributed by atoms with E-state index in [4.69, 9.17) is 0 Å². The standard InChI is InChI=1S/C18H22N2S/c1-3-4-5-6-7-15-8-10-16(11-9-15)17-14(2)21-18-19-12-13-20(17)18/h8-13H,3-7H2,1-2H3.